The van der Waals surface area contributed by atoms with Crippen LogP contribution in [0, 0.1) is 0 Å². The summed E-state index contributed by atoms with van der Waals surface area (Å²) in [6, 6.07) is 0. The van der Waals surface area contributed by atoms with E-state index < -0.39 is 0 Å². The highest BCUT2D eigenvalue weighted by Crippen LogP contribution is 1.62. The number of nitrogens with zero attached hydrogens (tertiary/aromatic N) is 1. The van der Waals surface area contributed by atoms with Gasteiger partial charge in [-0.05, 0) is 0 Å². The number of isocyanates is 1. The van der Waals surface area contributed by atoms with Crippen molar-refractivity contribution in [3.8, 4) is 0 Å². The van der Waals surface area contributed by atoms with Gasteiger partial charge in [0.25, 0.3) is 0 Å². The minimum absolute atomic E-state index is 0.125. The van der Waals surface area contributed by atoms with E-state index in [-0.39, 0.29) is 13.2 Å². The molecule has 0 rings (SSSR count). The van der Waals surface area contributed by atoms with Crippen molar-refractivity contribution in [1.82, 2.24) is 5.32 Å². The highest BCUT2D eigenvalue weighted by Gasteiger charge is 1.95. The Kier molecular flexibility index (Phi) is 3.53. The molecule has 0 aliphatic heterocycles. The number of carbonyl (C=O) groups is 1. The van der Waals surface area contributed by atoms with Gasteiger partial charge in [0.2, 0.25) is 6.08 Å². The van der Waals surface area contributed by atoms with E-state index in [1.165, 1.54) is 13.1 Å². The first-order valence-corrected chi connectivity index (χ1v) is 2.05. The predicted molar refractivity (Wildman–Crippen MR) is 29.7 cm³/mol. The summed E-state index contributed by atoms with van der Waals surface area (Å²) < 4.78 is 0. The first-order valence-electron chi connectivity index (χ1n) is 2.05. The summed E-state index contributed by atoms with van der Waals surface area (Å²) in [6.07, 6.45) is 1.25. The Morgan fingerprint density at radius 3 is 2.88 bits per heavy atom. The molecular formula is C3H5BN2O2. The highest BCUT2D eigenvalue weighted by atomic mass is 16.1. The number of carbonyl (C=O) groups excluding carboxylic acids is 2. The van der Waals surface area contributed by atoms with Crippen LogP contribution in [0.3, 0.4) is 0 Å². The third kappa shape index (κ3) is 3.12. The lowest BCUT2D eigenvalue weighted by Gasteiger charge is -1.85. The zero-order chi connectivity index (χ0) is 6.41. The molecule has 0 spiro atoms. The minimum Gasteiger partial charge on any atom is -0.366 e. The van der Waals surface area contributed by atoms with Gasteiger partial charge in [-0.1, -0.05) is 0 Å². The van der Waals surface area contributed by atoms with E-state index in [0.717, 1.165) is 0 Å². The van der Waals surface area contributed by atoms with Gasteiger partial charge in [-0.25, -0.2) is 4.79 Å². The van der Waals surface area contributed by atoms with Crippen LogP contribution in [0.25, 0.3) is 0 Å². The molecule has 0 heterocycles. The van der Waals surface area contributed by atoms with Crippen LogP contribution >= 0.6 is 0 Å². The molecular weight excluding hydrogens is 107 g/mol. The molecule has 0 aromatic carbocycles. The normalized spacial score (nSPS) is 6.62. The summed E-state index contributed by atoms with van der Waals surface area (Å²) in [7, 11) is 1.35. The third-order valence-corrected chi connectivity index (χ3v) is 0.566. The Morgan fingerprint density at radius 2 is 2.50 bits per heavy atom. The van der Waals surface area contributed by atoms with E-state index in [2.05, 4.69) is 10.2 Å². The summed E-state index contributed by atoms with van der Waals surface area (Å²) in [6.45, 7) is 0. The van der Waals surface area contributed by atoms with Gasteiger partial charge in [-0.3, -0.25) is 9.70 Å². The van der Waals surface area contributed by atoms with Crippen LogP contribution in [0.1, 0.15) is 0 Å². The molecule has 1 amide bonds. The van der Waals surface area contributed by atoms with Crippen molar-refractivity contribution >= 4 is 19.3 Å². The third-order valence-electron chi connectivity index (χ3n) is 0.566. The zero-order valence-corrected chi connectivity index (χ0v) is 4.47. The van der Waals surface area contributed by atoms with Gasteiger partial charge in [0.1, 0.15) is 0 Å². The second-order valence-electron chi connectivity index (χ2n) is 1.08. The molecule has 0 aliphatic carbocycles. The lowest BCUT2D eigenvalue weighted by Crippen LogP contribution is -2.21. The Hall–Kier alpha value is -1.09. The molecule has 0 bridgehead atoms. The van der Waals surface area contributed by atoms with Gasteiger partial charge >= 0.3 is 7.41 Å². The molecule has 1 N–H and O–H groups in total. The van der Waals surface area contributed by atoms with E-state index in [1.54, 1.807) is 0 Å². The van der Waals surface area contributed by atoms with Crippen molar-refractivity contribution in [2.75, 3.05) is 7.05 Å². The molecule has 0 aromatic heterocycles. The van der Waals surface area contributed by atoms with Gasteiger partial charge in [0.05, 0.1) is 0 Å². The summed E-state index contributed by atoms with van der Waals surface area (Å²) >= 11 is 0. The minimum atomic E-state index is -0.284. The average Bonchev–Trinajstić information content (AvgIpc) is 1.83. The average molecular weight is 112 g/mol. The molecule has 0 saturated carbocycles. The van der Waals surface area contributed by atoms with Gasteiger partial charge < -0.3 is 5.32 Å². The van der Waals surface area contributed by atoms with E-state index in [9.17, 15) is 9.59 Å². The van der Waals surface area contributed by atoms with Crippen molar-refractivity contribution in [3.63, 3.8) is 0 Å². The fourth-order valence-electron chi connectivity index (χ4n) is 0.183. The van der Waals surface area contributed by atoms with E-state index in [1.807, 2.05) is 0 Å². The monoisotopic (exact) mass is 112 g/mol. The molecule has 4 nitrogen and oxygen atoms in total. The SMILES string of the molecule is CNC(=O)BN=C=O. The predicted octanol–water partition coefficient (Wildman–Crippen LogP) is -0.987. The smallest absolute Gasteiger partial charge is 0.366 e. The highest BCUT2D eigenvalue weighted by molar-refractivity contribution is 6.72. The molecule has 42 valence electrons. The van der Waals surface area contributed by atoms with Crippen molar-refractivity contribution < 1.29 is 9.59 Å². The molecule has 8 heavy (non-hydrogen) atoms. The van der Waals surface area contributed by atoms with Crippen LogP contribution in [0.5, 0.6) is 0 Å². The molecule has 0 unspecified atom stereocenters. The van der Waals surface area contributed by atoms with Crippen LogP contribution < -0.4 is 5.32 Å². The summed E-state index contributed by atoms with van der Waals surface area (Å²) in [5, 5.41) is 2.29. The van der Waals surface area contributed by atoms with Gasteiger partial charge in [0, 0.05) is 7.05 Å². The summed E-state index contributed by atoms with van der Waals surface area (Å²) in [4.78, 5) is 22.6. The first-order chi connectivity index (χ1) is 3.81. The second-order valence-corrected chi connectivity index (χ2v) is 1.08. The van der Waals surface area contributed by atoms with E-state index in [4.69, 9.17) is 0 Å². The van der Waals surface area contributed by atoms with Crippen LogP contribution in [0.15, 0.2) is 4.90 Å². The topological polar surface area (TPSA) is 58.5 Å². The van der Waals surface area contributed by atoms with Gasteiger partial charge in [0.15, 0.2) is 5.81 Å². The Bertz CT molecular complexity index is 129. The molecule has 0 aliphatic rings. The summed E-state index contributed by atoms with van der Waals surface area (Å²) in [5.74, 6) is -0.284. The van der Waals surface area contributed by atoms with Crippen molar-refractivity contribution in [1.29, 1.82) is 0 Å². The van der Waals surface area contributed by atoms with Crippen molar-refractivity contribution in [3.05, 3.63) is 0 Å². The number of rotatable bonds is 2. The van der Waals surface area contributed by atoms with E-state index in [0.29, 0.717) is 0 Å². The lowest BCUT2D eigenvalue weighted by molar-refractivity contribution is 0.260. The first kappa shape index (κ1) is 6.91. The largest absolute Gasteiger partial charge is 0.381 e. The number of hydrogen-bond donors (Lipinski definition) is 1. The van der Waals surface area contributed by atoms with Crippen molar-refractivity contribution in [2.24, 2.45) is 4.90 Å². The van der Waals surface area contributed by atoms with Gasteiger partial charge in [-0.2, -0.15) is 0 Å². The standard InChI is InChI=1S/C3H5BN2O2/c1-5-3(8)4-6-2-7/h4H,1H3,(H,5,8). The second kappa shape index (κ2) is 4.08. The zero-order valence-electron chi connectivity index (χ0n) is 4.47. The van der Waals surface area contributed by atoms with Crippen molar-refractivity contribution in [2.45, 2.75) is 0 Å². The Morgan fingerprint density at radius 1 is 1.88 bits per heavy atom. The maximum atomic E-state index is 10.2. The molecule has 0 aromatic rings. The fourth-order valence-corrected chi connectivity index (χ4v) is 0.183. The Labute approximate surface area is 47.2 Å². The number of nitrogens with one attached hydrogen (secondary N) is 1. The van der Waals surface area contributed by atoms with Gasteiger partial charge in [-0.15, -0.1) is 0 Å². The van der Waals surface area contributed by atoms with Crippen LogP contribution in [-0.4, -0.2) is 26.3 Å². The molecule has 0 saturated heterocycles. The van der Waals surface area contributed by atoms with Crippen LogP contribution in [0.4, 0.5) is 4.79 Å². The molecule has 0 radical (unpaired) electrons. The number of hydrogen-bond acceptors (Lipinski definition) is 3. The van der Waals surface area contributed by atoms with Crippen LogP contribution in [-0.2, 0) is 4.79 Å². The number of amides is 1. The fraction of sp³-hybridized carbons (Fsp3) is 0.333. The molecule has 5 heteroatoms. The van der Waals surface area contributed by atoms with E-state index >= 15 is 0 Å². The quantitative estimate of drug-likeness (QED) is 0.283. The maximum Gasteiger partial charge on any atom is 0.381 e. The Balaban J connectivity index is 3.39. The molecule has 0 fully saturated rings. The molecule has 0 atom stereocenters. The summed E-state index contributed by atoms with van der Waals surface area (Å²) in [5.41, 5.74) is 0. The lowest BCUT2D eigenvalue weighted by atomic mass is 9.96. The van der Waals surface area contributed by atoms with Crippen LogP contribution in [0.2, 0.25) is 0 Å². The maximum absolute atomic E-state index is 10.2.